The van der Waals surface area contributed by atoms with Crippen LogP contribution in [0.5, 0.6) is 0 Å². The Morgan fingerprint density at radius 2 is 1.57 bits per heavy atom. The van der Waals surface area contributed by atoms with Gasteiger partial charge in [-0.2, -0.15) is 0 Å². The van der Waals surface area contributed by atoms with Crippen molar-refractivity contribution in [2.24, 2.45) is 0 Å². The summed E-state index contributed by atoms with van der Waals surface area (Å²) in [6.07, 6.45) is -0.333. The van der Waals surface area contributed by atoms with Crippen molar-refractivity contribution < 1.29 is 19.7 Å². The van der Waals surface area contributed by atoms with Crippen LogP contribution in [0.15, 0.2) is 12.5 Å². The number of aliphatic hydroxyl groups is 2. The van der Waals surface area contributed by atoms with E-state index in [1.807, 2.05) is 0 Å². The van der Waals surface area contributed by atoms with Crippen LogP contribution in [0.1, 0.15) is 0 Å². The second-order valence-electron chi connectivity index (χ2n) is 1.06. The number of hydrogen-bond donors (Lipinski definition) is 2. The molecule has 0 radical (unpaired) electrons. The fourth-order valence-electron chi connectivity index (χ4n) is 0.261. The van der Waals surface area contributed by atoms with Crippen LogP contribution in [-0.4, -0.2) is 16.4 Å². The quantitative estimate of drug-likeness (QED) is 0.391. The SMILES string of the molecule is OC1(O)OC=CO1. The van der Waals surface area contributed by atoms with Gasteiger partial charge < -0.3 is 9.47 Å². The van der Waals surface area contributed by atoms with Gasteiger partial charge >= 0.3 is 6.16 Å². The van der Waals surface area contributed by atoms with Crippen molar-refractivity contribution in [1.82, 2.24) is 0 Å². The van der Waals surface area contributed by atoms with Gasteiger partial charge in [0.15, 0.2) is 0 Å². The van der Waals surface area contributed by atoms with Gasteiger partial charge in [-0.3, -0.25) is 10.2 Å². The lowest BCUT2D eigenvalue weighted by atomic mass is 11.1. The van der Waals surface area contributed by atoms with E-state index in [0.717, 1.165) is 12.5 Å². The minimum Gasteiger partial charge on any atom is -0.412 e. The van der Waals surface area contributed by atoms with Crippen LogP contribution < -0.4 is 0 Å². The zero-order chi connectivity index (χ0) is 5.33. The molecule has 0 aromatic heterocycles. The second-order valence-corrected chi connectivity index (χ2v) is 1.06. The van der Waals surface area contributed by atoms with Gasteiger partial charge in [-0.05, 0) is 0 Å². The van der Waals surface area contributed by atoms with Crippen LogP contribution in [-0.2, 0) is 9.47 Å². The third-order valence-corrected chi connectivity index (χ3v) is 0.499. The fourth-order valence-corrected chi connectivity index (χ4v) is 0.261. The molecule has 0 aliphatic carbocycles. The van der Waals surface area contributed by atoms with Crippen LogP contribution in [0.3, 0.4) is 0 Å². The molecule has 40 valence electrons. The summed E-state index contributed by atoms with van der Waals surface area (Å²) >= 11 is 0. The molecule has 0 saturated heterocycles. The van der Waals surface area contributed by atoms with Crippen molar-refractivity contribution in [3.63, 3.8) is 0 Å². The molecule has 0 spiro atoms. The lowest BCUT2D eigenvalue weighted by molar-refractivity contribution is -0.420. The average molecular weight is 104 g/mol. The summed E-state index contributed by atoms with van der Waals surface area (Å²) < 4.78 is 8.10. The predicted octanol–water partition coefficient (Wildman–Crippen LogP) is -0.900. The topological polar surface area (TPSA) is 58.9 Å². The molecular weight excluding hydrogens is 100 g/mol. The summed E-state index contributed by atoms with van der Waals surface area (Å²) in [5.74, 6) is 0. The molecule has 2 N–H and O–H groups in total. The molecule has 1 heterocycles. The van der Waals surface area contributed by atoms with Crippen molar-refractivity contribution in [2.75, 3.05) is 0 Å². The Morgan fingerprint density at radius 1 is 1.14 bits per heavy atom. The molecule has 0 aromatic rings. The summed E-state index contributed by atoms with van der Waals surface area (Å²) in [7, 11) is 0. The monoisotopic (exact) mass is 104 g/mol. The summed E-state index contributed by atoms with van der Waals surface area (Å²) in [6.45, 7) is 0. The summed E-state index contributed by atoms with van der Waals surface area (Å²) in [4.78, 5) is 0. The number of ether oxygens (including phenoxy) is 2. The van der Waals surface area contributed by atoms with Crippen LogP contribution in [0.25, 0.3) is 0 Å². The summed E-state index contributed by atoms with van der Waals surface area (Å²) in [6, 6.07) is 0. The minimum absolute atomic E-state index is 1.04. The molecule has 0 unspecified atom stereocenters. The third kappa shape index (κ3) is 0.819. The first-order valence-electron chi connectivity index (χ1n) is 1.66. The van der Waals surface area contributed by atoms with Crippen molar-refractivity contribution >= 4 is 0 Å². The number of hydrogen-bond acceptors (Lipinski definition) is 4. The molecule has 0 fully saturated rings. The van der Waals surface area contributed by atoms with Gasteiger partial charge in [-0.1, -0.05) is 0 Å². The first-order chi connectivity index (χ1) is 3.21. The Balaban J connectivity index is 2.49. The zero-order valence-corrected chi connectivity index (χ0v) is 3.37. The Morgan fingerprint density at radius 3 is 1.71 bits per heavy atom. The van der Waals surface area contributed by atoms with Gasteiger partial charge in [0.25, 0.3) is 0 Å². The lowest BCUT2D eigenvalue weighted by Crippen LogP contribution is -2.27. The van der Waals surface area contributed by atoms with Crippen LogP contribution >= 0.6 is 0 Å². The van der Waals surface area contributed by atoms with Crippen molar-refractivity contribution in [2.45, 2.75) is 6.16 Å². The highest BCUT2D eigenvalue weighted by Gasteiger charge is 2.28. The van der Waals surface area contributed by atoms with E-state index in [9.17, 15) is 0 Å². The standard InChI is InChI=1S/C3H4O4/c4-3(5)6-1-2-7-3/h1-2,4-5H. The van der Waals surface area contributed by atoms with Crippen LogP contribution in [0.2, 0.25) is 0 Å². The van der Waals surface area contributed by atoms with E-state index < -0.39 is 6.16 Å². The molecule has 1 rings (SSSR count). The van der Waals surface area contributed by atoms with Gasteiger partial charge in [0.1, 0.15) is 12.5 Å². The fraction of sp³-hybridized carbons (Fsp3) is 0.333. The highest BCUT2D eigenvalue weighted by atomic mass is 16.9. The van der Waals surface area contributed by atoms with Crippen LogP contribution in [0.4, 0.5) is 0 Å². The first-order valence-corrected chi connectivity index (χ1v) is 1.66. The molecule has 4 heteroatoms. The third-order valence-electron chi connectivity index (χ3n) is 0.499. The molecule has 7 heavy (non-hydrogen) atoms. The zero-order valence-electron chi connectivity index (χ0n) is 3.37. The normalized spacial score (nSPS) is 23.7. The van der Waals surface area contributed by atoms with Crippen molar-refractivity contribution in [3.05, 3.63) is 12.5 Å². The first kappa shape index (κ1) is 4.42. The largest absolute Gasteiger partial charge is 0.503 e. The van der Waals surface area contributed by atoms with Crippen LogP contribution in [0, 0.1) is 0 Å². The summed E-state index contributed by atoms with van der Waals surface area (Å²) in [5, 5.41) is 16.5. The predicted molar refractivity (Wildman–Crippen MR) is 18.5 cm³/mol. The molecule has 0 atom stereocenters. The molecule has 0 amide bonds. The van der Waals surface area contributed by atoms with Crippen molar-refractivity contribution in [3.8, 4) is 0 Å². The smallest absolute Gasteiger partial charge is 0.412 e. The molecule has 1 aliphatic rings. The molecule has 0 saturated carbocycles. The summed E-state index contributed by atoms with van der Waals surface area (Å²) in [5.41, 5.74) is 0. The molecular formula is C3H4O4. The Kier molecular flexibility index (Phi) is 0.703. The second kappa shape index (κ2) is 1.11. The lowest BCUT2D eigenvalue weighted by Gasteiger charge is -2.10. The Labute approximate surface area is 39.6 Å². The van der Waals surface area contributed by atoms with E-state index in [4.69, 9.17) is 10.2 Å². The van der Waals surface area contributed by atoms with E-state index in [2.05, 4.69) is 9.47 Å². The maximum Gasteiger partial charge on any atom is 0.503 e. The molecule has 0 bridgehead atoms. The highest BCUT2D eigenvalue weighted by Crippen LogP contribution is 2.10. The van der Waals surface area contributed by atoms with E-state index in [1.165, 1.54) is 0 Å². The van der Waals surface area contributed by atoms with Gasteiger partial charge in [-0.25, -0.2) is 0 Å². The van der Waals surface area contributed by atoms with Gasteiger partial charge in [0.2, 0.25) is 0 Å². The average Bonchev–Trinajstić information content (AvgIpc) is 1.84. The Hall–Kier alpha value is -0.740. The van der Waals surface area contributed by atoms with Crippen molar-refractivity contribution in [1.29, 1.82) is 0 Å². The van der Waals surface area contributed by atoms with Gasteiger partial charge in [0.05, 0.1) is 0 Å². The van der Waals surface area contributed by atoms with E-state index >= 15 is 0 Å². The molecule has 4 nitrogen and oxygen atoms in total. The highest BCUT2D eigenvalue weighted by molar-refractivity contribution is 4.68. The van der Waals surface area contributed by atoms with Gasteiger partial charge in [-0.15, -0.1) is 0 Å². The Bertz CT molecular complexity index is 85.1. The van der Waals surface area contributed by atoms with E-state index in [-0.39, 0.29) is 0 Å². The van der Waals surface area contributed by atoms with E-state index in [1.54, 1.807) is 0 Å². The van der Waals surface area contributed by atoms with Gasteiger partial charge in [0, 0.05) is 0 Å². The molecule has 0 aromatic carbocycles. The molecule has 1 aliphatic heterocycles. The van der Waals surface area contributed by atoms with E-state index in [0.29, 0.717) is 0 Å². The minimum atomic E-state index is -2.42. The maximum atomic E-state index is 8.24. The maximum absolute atomic E-state index is 8.24. The number of rotatable bonds is 0.